The molecule has 0 amide bonds. The number of halogens is 1. The molecule has 0 aliphatic carbocycles. The first kappa shape index (κ1) is 20.8. The smallest absolute Gasteiger partial charge is 0.215 e. The van der Waals surface area contributed by atoms with Crippen LogP contribution in [0.15, 0.2) is 48.5 Å². The van der Waals surface area contributed by atoms with Crippen molar-refractivity contribution in [2.75, 3.05) is 26.7 Å². The van der Waals surface area contributed by atoms with Crippen LogP contribution in [0.1, 0.15) is 36.4 Å². The standard InChI is InChI=1S/C21H27FN2O3S/c1-27-21-11-4-3-10-19(21)20(24-12-5-2-6-13-24)15-23-28(25,26)16-17-8-7-9-18(22)14-17/h3-4,7-11,14,20,23H,2,5-6,12-13,15-16H2,1H3. The monoisotopic (exact) mass is 406 g/mol. The van der Waals surface area contributed by atoms with Crippen molar-refractivity contribution in [2.45, 2.75) is 31.1 Å². The van der Waals surface area contributed by atoms with Crippen LogP contribution in [0.5, 0.6) is 5.75 Å². The number of sulfonamides is 1. The summed E-state index contributed by atoms with van der Waals surface area (Å²) >= 11 is 0. The van der Waals surface area contributed by atoms with Crippen molar-refractivity contribution < 1.29 is 17.5 Å². The van der Waals surface area contributed by atoms with Crippen LogP contribution in [-0.4, -0.2) is 40.1 Å². The molecular weight excluding hydrogens is 379 g/mol. The normalized spacial score (nSPS) is 16.6. The van der Waals surface area contributed by atoms with Crippen LogP contribution in [0.4, 0.5) is 4.39 Å². The number of methoxy groups -OCH3 is 1. The molecule has 0 saturated carbocycles. The largest absolute Gasteiger partial charge is 0.496 e. The molecule has 1 heterocycles. The van der Waals surface area contributed by atoms with Gasteiger partial charge in [-0.05, 0) is 49.7 Å². The van der Waals surface area contributed by atoms with Gasteiger partial charge in [0.2, 0.25) is 10.0 Å². The molecule has 3 rings (SSSR count). The van der Waals surface area contributed by atoms with Crippen molar-refractivity contribution in [3.8, 4) is 5.75 Å². The Kier molecular flexibility index (Phi) is 7.04. The highest BCUT2D eigenvalue weighted by atomic mass is 32.2. The molecule has 5 nitrogen and oxygen atoms in total. The van der Waals surface area contributed by atoms with E-state index in [4.69, 9.17) is 4.74 Å². The summed E-state index contributed by atoms with van der Waals surface area (Å²) in [6.07, 6.45) is 3.39. The second-order valence-electron chi connectivity index (χ2n) is 7.09. The lowest BCUT2D eigenvalue weighted by Crippen LogP contribution is -2.41. The zero-order valence-electron chi connectivity index (χ0n) is 16.1. The van der Waals surface area contributed by atoms with E-state index in [1.165, 1.54) is 24.6 Å². The van der Waals surface area contributed by atoms with Gasteiger partial charge in [-0.15, -0.1) is 0 Å². The molecule has 2 aromatic rings. The lowest BCUT2D eigenvalue weighted by atomic mass is 10.0. The molecule has 0 radical (unpaired) electrons. The zero-order valence-corrected chi connectivity index (χ0v) is 16.9. The van der Waals surface area contributed by atoms with Crippen molar-refractivity contribution in [3.05, 3.63) is 65.5 Å². The first-order valence-electron chi connectivity index (χ1n) is 9.57. The fourth-order valence-electron chi connectivity index (χ4n) is 3.71. The van der Waals surface area contributed by atoms with E-state index in [0.717, 1.165) is 37.2 Å². The maximum atomic E-state index is 13.4. The highest BCUT2D eigenvalue weighted by molar-refractivity contribution is 7.88. The third-order valence-electron chi connectivity index (χ3n) is 5.07. The fourth-order valence-corrected chi connectivity index (χ4v) is 4.84. The maximum absolute atomic E-state index is 13.4. The molecule has 1 aliphatic rings. The van der Waals surface area contributed by atoms with Crippen LogP contribution >= 0.6 is 0 Å². The van der Waals surface area contributed by atoms with Gasteiger partial charge < -0.3 is 4.74 Å². The van der Waals surface area contributed by atoms with Crippen LogP contribution in [-0.2, 0) is 15.8 Å². The Morgan fingerprint density at radius 3 is 2.57 bits per heavy atom. The number of hydrogen-bond donors (Lipinski definition) is 1. The Morgan fingerprint density at radius 1 is 1.11 bits per heavy atom. The average Bonchev–Trinajstić information content (AvgIpc) is 2.69. The summed E-state index contributed by atoms with van der Waals surface area (Å²) in [6, 6.07) is 13.3. The van der Waals surface area contributed by atoms with E-state index in [0.29, 0.717) is 5.56 Å². The third-order valence-corrected chi connectivity index (χ3v) is 6.39. The van der Waals surface area contributed by atoms with Gasteiger partial charge in [-0.3, -0.25) is 4.90 Å². The summed E-state index contributed by atoms with van der Waals surface area (Å²) in [4.78, 5) is 2.31. The Bertz CT molecular complexity index is 883. The Morgan fingerprint density at radius 2 is 1.86 bits per heavy atom. The number of piperidine rings is 1. The molecule has 1 saturated heterocycles. The van der Waals surface area contributed by atoms with Crippen LogP contribution in [0.3, 0.4) is 0 Å². The number of rotatable bonds is 8. The summed E-state index contributed by atoms with van der Waals surface area (Å²) < 4.78 is 46.8. The van der Waals surface area contributed by atoms with E-state index in [1.807, 2.05) is 24.3 Å². The predicted molar refractivity (Wildman–Crippen MR) is 108 cm³/mol. The highest BCUT2D eigenvalue weighted by Gasteiger charge is 2.26. The fraction of sp³-hybridized carbons (Fsp3) is 0.429. The van der Waals surface area contributed by atoms with Crippen LogP contribution in [0.2, 0.25) is 0 Å². The van der Waals surface area contributed by atoms with E-state index in [9.17, 15) is 12.8 Å². The van der Waals surface area contributed by atoms with Gasteiger partial charge >= 0.3 is 0 Å². The first-order valence-corrected chi connectivity index (χ1v) is 11.2. The van der Waals surface area contributed by atoms with Crippen LogP contribution < -0.4 is 9.46 Å². The van der Waals surface area contributed by atoms with Gasteiger partial charge in [0.05, 0.1) is 18.9 Å². The molecule has 28 heavy (non-hydrogen) atoms. The van der Waals surface area contributed by atoms with Gasteiger partial charge in [-0.1, -0.05) is 36.8 Å². The quantitative estimate of drug-likeness (QED) is 0.729. The molecule has 1 aliphatic heterocycles. The Hall–Kier alpha value is -1.96. The van der Waals surface area contributed by atoms with E-state index < -0.39 is 15.8 Å². The lowest BCUT2D eigenvalue weighted by molar-refractivity contribution is 0.162. The van der Waals surface area contributed by atoms with E-state index >= 15 is 0 Å². The number of nitrogens with one attached hydrogen (secondary N) is 1. The van der Waals surface area contributed by atoms with Gasteiger partial charge in [0.25, 0.3) is 0 Å². The number of likely N-dealkylation sites (tertiary alicyclic amines) is 1. The number of para-hydroxylation sites is 1. The highest BCUT2D eigenvalue weighted by Crippen LogP contribution is 2.31. The van der Waals surface area contributed by atoms with Crippen molar-refractivity contribution in [3.63, 3.8) is 0 Å². The van der Waals surface area contributed by atoms with Crippen molar-refractivity contribution in [1.82, 2.24) is 9.62 Å². The lowest BCUT2D eigenvalue weighted by Gasteiger charge is -2.35. The minimum absolute atomic E-state index is 0.112. The molecule has 152 valence electrons. The molecule has 0 bridgehead atoms. The van der Waals surface area contributed by atoms with Crippen LogP contribution in [0, 0.1) is 5.82 Å². The van der Waals surface area contributed by atoms with E-state index in [-0.39, 0.29) is 18.3 Å². The van der Waals surface area contributed by atoms with Gasteiger partial charge in [-0.2, -0.15) is 0 Å². The number of benzene rings is 2. The molecule has 2 aromatic carbocycles. The topological polar surface area (TPSA) is 58.6 Å². The summed E-state index contributed by atoms with van der Waals surface area (Å²) in [6.45, 7) is 2.10. The molecule has 0 spiro atoms. The third kappa shape index (κ3) is 5.53. The van der Waals surface area contributed by atoms with Gasteiger partial charge in [0, 0.05) is 12.1 Å². The summed E-state index contributed by atoms with van der Waals surface area (Å²) in [5.74, 6) is 0.0685. The van der Waals surface area contributed by atoms with Gasteiger partial charge in [0.15, 0.2) is 0 Å². The molecule has 1 atom stereocenters. The molecular formula is C21H27FN2O3S. The average molecular weight is 407 g/mol. The number of ether oxygens (including phenoxy) is 1. The van der Waals surface area contributed by atoms with Crippen molar-refractivity contribution >= 4 is 10.0 Å². The predicted octanol–water partition coefficient (Wildman–Crippen LogP) is 3.48. The van der Waals surface area contributed by atoms with Crippen molar-refractivity contribution in [2.24, 2.45) is 0 Å². The molecule has 1 fully saturated rings. The minimum Gasteiger partial charge on any atom is -0.496 e. The van der Waals surface area contributed by atoms with E-state index in [2.05, 4.69) is 9.62 Å². The van der Waals surface area contributed by atoms with Crippen molar-refractivity contribution in [1.29, 1.82) is 0 Å². The summed E-state index contributed by atoms with van der Waals surface area (Å²) in [5, 5.41) is 0. The Labute approximate surface area is 166 Å². The minimum atomic E-state index is -3.60. The van der Waals surface area contributed by atoms with E-state index in [1.54, 1.807) is 13.2 Å². The zero-order chi connectivity index (χ0) is 20.0. The second-order valence-corrected chi connectivity index (χ2v) is 8.90. The number of nitrogens with zero attached hydrogens (tertiary/aromatic N) is 1. The maximum Gasteiger partial charge on any atom is 0.215 e. The van der Waals surface area contributed by atoms with Gasteiger partial charge in [-0.25, -0.2) is 17.5 Å². The molecule has 1 unspecified atom stereocenters. The summed E-state index contributed by atoms with van der Waals surface area (Å²) in [7, 11) is -1.97. The second kappa shape index (κ2) is 9.49. The van der Waals surface area contributed by atoms with Crippen LogP contribution in [0.25, 0.3) is 0 Å². The molecule has 1 N–H and O–H groups in total. The first-order chi connectivity index (χ1) is 13.5. The summed E-state index contributed by atoms with van der Waals surface area (Å²) in [5.41, 5.74) is 1.40. The SMILES string of the molecule is COc1ccccc1C(CNS(=O)(=O)Cc1cccc(F)c1)N1CCCCC1. The molecule has 0 aromatic heterocycles. The van der Waals surface area contributed by atoms with Gasteiger partial charge in [0.1, 0.15) is 11.6 Å². The molecule has 7 heteroatoms. The Balaban J connectivity index is 1.77. The number of hydrogen-bond acceptors (Lipinski definition) is 4.